The van der Waals surface area contributed by atoms with E-state index in [1.54, 1.807) is 59.3 Å². The summed E-state index contributed by atoms with van der Waals surface area (Å²) in [5, 5.41) is 13.2. The number of allylic oxidation sites excluding steroid dienone is 1. The average molecular weight is 449 g/mol. The van der Waals surface area contributed by atoms with Crippen LogP contribution in [0.4, 0.5) is 5.69 Å². The Balaban J connectivity index is 1.63. The normalized spacial score (nSPS) is 10.6. The Morgan fingerprint density at radius 3 is 2.45 bits per heavy atom. The van der Waals surface area contributed by atoms with Gasteiger partial charge in [0.25, 0.3) is 0 Å². The first-order valence-electron chi connectivity index (χ1n) is 8.65. The van der Waals surface area contributed by atoms with Crippen molar-refractivity contribution in [2.24, 2.45) is 0 Å². The van der Waals surface area contributed by atoms with Gasteiger partial charge in [0.05, 0.1) is 12.3 Å². The molecule has 0 aliphatic carbocycles. The van der Waals surface area contributed by atoms with Crippen LogP contribution >= 0.6 is 35.0 Å². The molecule has 29 heavy (non-hydrogen) atoms. The monoisotopic (exact) mass is 448 g/mol. The Hall–Kier alpha value is -2.48. The van der Waals surface area contributed by atoms with Crippen molar-refractivity contribution in [3.05, 3.63) is 76.9 Å². The van der Waals surface area contributed by atoms with E-state index < -0.39 is 0 Å². The van der Waals surface area contributed by atoms with Crippen molar-refractivity contribution in [1.82, 2.24) is 15.0 Å². The molecule has 1 heterocycles. The number of hydrogen-bond acceptors (Lipinski definition) is 5. The quantitative estimate of drug-likeness (QED) is 0.365. The van der Waals surface area contributed by atoms with Crippen molar-refractivity contribution < 1.29 is 9.53 Å². The summed E-state index contributed by atoms with van der Waals surface area (Å²) in [6.07, 6.45) is 1.72. The summed E-state index contributed by atoms with van der Waals surface area (Å²) >= 11 is 13.1. The molecule has 0 radical (unpaired) electrons. The molecule has 1 aromatic heterocycles. The third-order valence-electron chi connectivity index (χ3n) is 3.71. The van der Waals surface area contributed by atoms with Gasteiger partial charge in [-0.2, -0.15) is 0 Å². The summed E-state index contributed by atoms with van der Waals surface area (Å²) in [6.45, 7) is 4.44. The number of hydrogen-bond donors (Lipinski definition) is 1. The van der Waals surface area contributed by atoms with Crippen LogP contribution in [-0.2, 0) is 17.9 Å². The molecule has 0 saturated carbocycles. The van der Waals surface area contributed by atoms with Gasteiger partial charge in [0.15, 0.2) is 0 Å². The maximum absolute atomic E-state index is 12.3. The first-order valence-corrected chi connectivity index (χ1v) is 10.4. The molecule has 0 aliphatic rings. The summed E-state index contributed by atoms with van der Waals surface area (Å²) in [5.41, 5.74) is 1.33. The number of anilines is 1. The molecule has 0 saturated heterocycles. The van der Waals surface area contributed by atoms with Crippen LogP contribution in [0.15, 0.2) is 66.2 Å². The van der Waals surface area contributed by atoms with Crippen LogP contribution in [0.2, 0.25) is 10.0 Å². The van der Waals surface area contributed by atoms with Crippen molar-refractivity contribution in [3.8, 4) is 5.75 Å². The van der Waals surface area contributed by atoms with Gasteiger partial charge in [0.1, 0.15) is 23.1 Å². The number of rotatable bonds is 9. The highest BCUT2D eigenvalue weighted by atomic mass is 35.5. The lowest BCUT2D eigenvalue weighted by Crippen LogP contribution is -2.14. The van der Waals surface area contributed by atoms with E-state index in [2.05, 4.69) is 22.2 Å². The Morgan fingerprint density at radius 1 is 1.14 bits per heavy atom. The maximum atomic E-state index is 12.3. The van der Waals surface area contributed by atoms with E-state index in [0.717, 1.165) is 5.03 Å². The summed E-state index contributed by atoms with van der Waals surface area (Å²) in [4.78, 5) is 12.3. The number of nitrogens with zero attached hydrogens (tertiary/aromatic N) is 3. The molecule has 0 atom stereocenters. The van der Waals surface area contributed by atoms with Gasteiger partial charge in [-0.05, 0) is 48.5 Å². The zero-order valence-corrected chi connectivity index (χ0v) is 17.7. The maximum Gasteiger partial charge on any atom is 0.234 e. The lowest BCUT2D eigenvalue weighted by atomic mass is 10.3. The standard InChI is InChI=1S/C20H18Cl2N4O2S/c1-2-11-26-20(29-13-19(27)23-16-7-3-14(21)4-8-16)18(24-25-26)12-28-17-9-5-15(22)6-10-17/h2-10H,1,11-13H2,(H,23,27). The fraction of sp³-hybridized carbons (Fsp3) is 0.150. The van der Waals surface area contributed by atoms with Gasteiger partial charge >= 0.3 is 0 Å². The highest BCUT2D eigenvalue weighted by Gasteiger charge is 2.16. The molecular weight excluding hydrogens is 431 g/mol. The van der Waals surface area contributed by atoms with Gasteiger partial charge in [0.2, 0.25) is 5.91 Å². The minimum absolute atomic E-state index is 0.145. The largest absolute Gasteiger partial charge is 0.487 e. The molecule has 0 bridgehead atoms. The molecule has 0 unspecified atom stereocenters. The second-order valence-corrected chi connectivity index (χ2v) is 7.74. The van der Waals surface area contributed by atoms with E-state index in [-0.39, 0.29) is 18.3 Å². The predicted molar refractivity (Wildman–Crippen MR) is 117 cm³/mol. The number of aromatic nitrogens is 3. The van der Waals surface area contributed by atoms with Gasteiger partial charge in [-0.15, -0.1) is 11.7 Å². The first kappa shape index (κ1) is 21.2. The second-order valence-electron chi connectivity index (χ2n) is 5.90. The van der Waals surface area contributed by atoms with Gasteiger partial charge in [-0.25, -0.2) is 4.68 Å². The third kappa shape index (κ3) is 6.25. The van der Waals surface area contributed by atoms with Crippen LogP contribution in [0.3, 0.4) is 0 Å². The van der Waals surface area contributed by atoms with Crippen molar-refractivity contribution in [2.75, 3.05) is 11.1 Å². The number of ether oxygens (including phenoxy) is 1. The number of nitrogens with one attached hydrogen (secondary N) is 1. The van der Waals surface area contributed by atoms with E-state index in [9.17, 15) is 4.79 Å². The highest BCUT2D eigenvalue weighted by molar-refractivity contribution is 8.00. The second kappa shape index (κ2) is 10.3. The number of amides is 1. The Bertz CT molecular complexity index is 975. The smallest absolute Gasteiger partial charge is 0.234 e. The zero-order chi connectivity index (χ0) is 20.6. The molecule has 150 valence electrons. The van der Waals surface area contributed by atoms with E-state index in [1.165, 1.54) is 11.8 Å². The SMILES string of the molecule is C=CCn1nnc(COc2ccc(Cl)cc2)c1SCC(=O)Nc1ccc(Cl)cc1. The van der Waals surface area contributed by atoms with Crippen LogP contribution in [0.5, 0.6) is 5.75 Å². The molecular formula is C20H18Cl2N4O2S. The van der Waals surface area contributed by atoms with E-state index >= 15 is 0 Å². The summed E-state index contributed by atoms with van der Waals surface area (Å²) < 4.78 is 7.45. The van der Waals surface area contributed by atoms with E-state index in [4.69, 9.17) is 27.9 Å². The fourth-order valence-corrected chi connectivity index (χ4v) is 3.50. The van der Waals surface area contributed by atoms with Gasteiger partial charge in [-0.3, -0.25) is 4.79 Å². The Kier molecular flexibility index (Phi) is 7.57. The lowest BCUT2D eigenvalue weighted by molar-refractivity contribution is -0.113. The molecule has 2 aromatic carbocycles. The molecule has 1 N–H and O–H groups in total. The minimum atomic E-state index is -0.145. The molecule has 3 rings (SSSR count). The van der Waals surface area contributed by atoms with Crippen LogP contribution in [-0.4, -0.2) is 26.7 Å². The molecule has 0 spiro atoms. The predicted octanol–water partition coefficient (Wildman–Crippen LogP) is 5.08. The summed E-state index contributed by atoms with van der Waals surface area (Å²) in [6, 6.07) is 14.0. The highest BCUT2D eigenvalue weighted by Crippen LogP contribution is 2.24. The van der Waals surface area contributed by atoms with E-state index in [0.29, 0.717) is 33.7 Å². The molecule has 6 nitrogen and oxygen atoms in total. The van der Waals surface area contributed by atoms with Gasteiger partial charge in [-0.1, -0.05) is 46.3 Å². The molecule has 3 aromatic rings. The van der Waals surface area contributed by atoms with Crippen molar-refractivity contribution in [2.45, 2.75) is 18.2 Å². The van der Waals surface area contributed by atoms with Crippen molar-refractivity contribution >= 4 is 46.6 Å². The van der Waals surface area contributed by atoms with Gasteiger partial charge in [0, 0.05) is 15.7 Å². The minimum Gasteiger partial charge on any atom is -0.487 e. The molecule has 0 aliphatic heterocycles. The molecule has 1 amide bonds. The molecule has 9 heteroatoms. The summed E-state index contributed by atoms with van der Waals surface area (Å²) in [5.74, 6) is 0.721. The Labute approximate surface area is 182 Å². The van der Waals surface area contributed by atoms with Crippen LogP contribution < -0.4 is 10.1 Å². The number of thioether (sulfide) groups is 1. The first-order chi connectivity index (χ1) is 14.0. The topological polar surface area (TPSA) is 69.0 Å². The fourth-order valence-electron chi connectivity index (χ4n) is 2.38. The van der Waals surface area contributed by atoms with E-state index in [1.807, 2.05) is 0 Å². The van der Waals surface area contributed by atoms with Crippen LogP contribution in [0.25, 0.3) is 0 Å². The third-order valence-corrected chi connectivity index (χ3v) is 5.34. The van der Waals surface area contributed by atoms with Crippen LogP contribution in [0, 0.1) is 0 Å². The lowest BCUT2D eigenvalue weighted by Gasteiger charge is -2.09. The van der Waals surface area contributed by atoms with Crippen LogP contribution in [0.1, 0.15) is 5.69 Å². The zero-order valence-electron chi connectivity index (χ0n) is 15.3. The van der Waals surface area contributed by atoms with Gasteiger partial charge < -0.3 is 10.1 Å². The Morgan fingerprint density at radius 2 is 1.79 bits per heavy atom. The van der Waals surface area contributed by atoms with Crippen molar-refractivity contribution in [1.29, 1.82) is 0 Å². The number of halogens is 2. The number of benzene rings is 2. The number of carbonyl (C=O) groups excluding carboxylic acids is 1. The average Bonchev–Trinajstić information content (AvgIpc) is 3.09. The summed E-state index contributed by atoms with van der Waals surface area (Å²) in [7, 11) is 0. The molecule has 0 fully saturated rings. The van der Waals surface area contributed by atoms with Crippen molar-refractivity contribution in [3.63, 3.8) is 0 Å². The number of carbonyl (C=O) groups is 1.